The van der Waals surface area contributed by atoms with Crippen LogP contribution in [0.3, 0.4) is 0 Å². The van der Waals surface area contributed by atoms with E-state index in [4.69, 9.17) is 21.1 Å². The van der Waals surface area contributed by atoms with Crippen molar-refractivity contribution in [3.05, 3.63) is 71.4 Å². The molecule has 1 amide bonds. The first-order valence-corrected chi connectivity index (χ1v) is 10.7. The maximum atomic E-state index is 12.1. The van der Waals surface area contributed by atoms with E-state index in [-0.39, 0.29) is 13.2 Å². The van der Waals surface area contributed by atoms with Crippen LogP contribution in [0.4, 0.5) is 4.79 Å². The second kappa shape index (κ2) is 11.3. The minimum absolute atomic E-state index is 0.146. The summed E-state index contributed by atoms with van der Waals surface area (Å²) >= 11 is 0. The Morgan fingerprint density at radius 3 is 2.39 bits per heavy atom. The summed E-state index contributed by atoms with van der Waals surface area (Å²) in [4.78, 5) is 12.1. The fourth-order valence-corrected chi connectivity index (χ4v) is 3.60. The summed E-state index contributed by atoms with van der Waals surface area (Å²) in [6, 6.07) is 17.2. The van der Waals surface area contributed by atoms with Crippen LogP contribution in [0.15, 0.2) is 60.3 Å². The van der Waals surface area contributed by atoms with E-state index in [9.17, 15) is 4.79 Å². The molecule has 7 heteroatoms. The average molecular weight is 425 g/mol. The standard InChI is InChI=1S/C24H32N4O3/c1-28(26)22(16-27-24(29)30-17-18-8-4-2-5-9-18)23(25)19-12-14-21(15-13-19)31-20-10-6-3-7-11-20/h2,4-5,8-9,12-15,20H,3,6-7,10-11,16-17,25-26H2,1H3,(H,27,29)/b23-22-. The van der Waals surface area contributed by atoms with Crippen molar-refractivity contribution in [2.24, 2.45) is 11.6 Å². The Hall–Kier alpha value is -3.19. The van der Waals surface area contributed by atoms with Crippen LogP contribution in [0.2, 0.25) is 0 Å². The number of nitrogens with one attached hydrogen (secondary N) is 1. The topological polar surface area (TPSA) is 103 Å². The van der Waals surface area contributed by atoms with Gasteiger partial charge >= 0.3 is 6.09 Å². The van der Waals surface area contributed by atoms with Crippen molar-refractivity contribution >= 4 is 11.8 Å². The fraction of sp³-hybridized carbons (Fsp3) is 0.375. The summed E-state index contributed by atoms with van der Waals surface area (Å²) in [6.07, 6.45) is 5.73. The van der Waals surface area contributed by atoms with Crippen LogP contribution in [0.25, 0.3) is 5.70 Å². The number of carbonyl (C=O) groups excluding carboxylic acids is 1. The Morgan fingerprint density at radius 1 is 1.06 bits per heavy atom. The first kappa shape index (κ1) is 22.5. The van der Waals surface area contributed by atoms with Crippen molar-refractivity contribution in [2.45, 2.75) is 44.8 Å². The predicted octanol–water partition coefficient (Wildman–Crippen LogP) is 3.76. The molecule has 1 aliphatic rings. The minimum atomic E-state index is -0.535. The summed E-state index contributed by atoms with van der Waals surface area (Å²) in [7, 11) is 1.68. The molecule has 1 aliphatic carbocycles. The number of carbonyl (C=O) groups is 1. The number of alkyl carbamates (subject to hydrolysis) is 1. The first-order valence-electron chi connectivity index (χ1n) is 10.7. The summed E-state index contributed by atoms with van der Waals surface area (Å²) in [5, 5.41) is 4.11. The first-order chi connectivity index (χ1) is 15.0. The lowest BCUT2D eigenvalue weighted by atomic mass is 9.98. The van der Waals surface area contributed by atoms with Gasteiger partial charge in [-0.05, 0) is 61.1 Å². The van der Waals surface area contributed by atoms with Crippen LogP contribution >= 0.6 is 0 Å². The van der Waals surface area contributed by atoms with Crippen LogP contribution in [0.1, 0.15) is 43.2 Å². The molecule has 5 N–H and O–H groups in total. The number of hydrogen-bond donors (Lipinski definition) is 3. The van der Waals surface area contributed by atoms with Gasteiger partial charge in [-0.15, -0.1) is 0 Å². The van der Waals surface area contributed by atoms with E-state index >= 15 is 0 Å². The van der Waals surface area contributed by atoms with E-state index in [2.05, 4.69) is 5.32 Å². The highest BCUT2D eigenvalue weighted by molar-refractivity contribution is 5.70. The molecular weight excluding hydrogens is 392 g/mol. The highest BCUT2D eigenvalue weighted by Crippen LogP contribution is 2.25. The molecule has 0 radical (unpaired) electrons. The number of hydrogen-bond acceptors (Lipinski definition) is 6. The number of nitrogens with two attached hydrogens (primary N) is 2. The van der Waals surface area contributed by atoms with E-state index in [1.165, 1.54) is 24.3 Å². The SMILES string of the molecule is CN(N)/C(CNC(=O)OCc1ccccc1)=C(\N)c1ccc(OC2CCCCC2)cc1. The van der Waals surface area contributed by atoms with E-state index < -0.39 is 6.09 Å². The van der Waals surface area contributed by atoms with Crippen molar-refractivity contribution in [2.75, 3.05) is 13.6 Å². The lowest BCUT2D eigenvalue weighted by molar-refractivity contribution is 0.140. The third-order valence-corrected chi connectivity index (χ3v) is 5.37. The molecule has 2 aromatic rings. The molecular formula is C24H32N4O3. The summed E-state index contributed by atoms with van der Waals surface area (Å²) in [6.45, 7) is 0.342. The third kappa shape index (κ3) is 6.93. The Bertz CT molecular complexity index is 860. The molecule has 0 aliphatic heterocycles. The van der Waals surface area contributed by atoms with Crippen molar-refractivity contribution in [3.63, 3.8) is 0 Å². The normalized spacial score (nSPS) is 15.0. The maximum Gasteiger partial charge on any atom is 0.407 e. The van der Waals surface area contributed by atoms with Gasteiger partial charge in [0.1, 0.15) is 12.4 Å². The largest absolute Gasteiger partial charge is 0.490 e. The van der Waals surface area contributed by atoms with Crippen LogP contribution in [0, 0.1) is 0 Å². The molecule has 31 heavy (non-hydrogen) atoms. The molecule has 166 valence electrons. The number of benzene rings is 2. The minimum Gasteiger partial charge on any atom is -0.490 e. The van der Waals surface area contributed by atoms with Crippen LogP contribution < -0.4 is 21.6 Å². The summed E-state index contributed by atoms with van der Waals surface area (Å²) in [5.74, 6) is 6.80. The fourth-order valence-electron chi connectivity index (χ4n) is 3.60. The second-order valence-corrected chi connectivity index (χ2v) is 7.79. The lowest BCUT2D eigenvalue weighted by Crippen LogP contribution is -2.36. The molecule has 2 aromatic carbocycles. The lowest BCUT2D eigenvalue weighted by Gasteiger charge is -2.23. The van der Waals surface area contributed by atoms with Crippen molar-refractivity contribution in [1.29, 1.82) is 0 Å². The molecule has 0 heterocycles. The number of likely N-dealkylation sites (N-methyl/N-ethyl adjacent to an activating group) is 1. The van der Waals surface area contributed by atoms with Gasteiger partial charge in [-0.2, -0.15) is 0 Å². The van der Waals surface area contributed by atoms with Gasteiger partial charge in [-0.25, -0.2) is 10.6 Å². The van der Waals surface area contributed by atoms with Gasteiger partial charge in [0.2, 0.25) is 0 Å². The Kier molecular flexibility index (Phi) is 8.18. The molecule has 3 rings (SSSR count). The van der Waals surface area contributed by atoms with Gasteiger partial charge in [-0.1, -0.05) is 36.8 Å². The third-order valence-electron chi connectivity index (χ3n) is 5.37. The molecule has 0 aromatic heterocycles. The van der Waals surface area contributed by atoms with Gasteiger partial charge in [-0.3, -0.25) is 0 Å². The quantitative estimate of drug-likeness (QED) is 0.440. The number of ether oxygens (including phenoxy) is 2. The molecule has 0 bridgehead atoms. The van der Waals surface area contributed by atoms with Crippen molar-refractivity contribution < 1.29 is 14.3 Å². The molecule has 0 atom stereocenters. The molecule has 0 saturated heterocycles. The monoisotopic (exact) mass is 424 g/mol. The Morgan fingerprint density at radius 2 is 1.74 bits per heavy atom. The summed E-state index contributed by atoms with van der Waals surface area (Å²) in [5.41, 5.74) is 9.14. The van der Waals surface area contributed by atoms with Gasteiger partial charge in [0.25, 0.3) is 0 Å². The Labute approximate surface area is 184 Å². The van der Waals surface area contributed by atoms with Crippen molar-refractivity contribution in [3.8, 4) is 5.75 Å². The highest BCUT2D eigenvalue weighted by atomic mass is 16.5. The van der Waals surface area contributed by atoms with E-state index in [1.807, 2.05) is 54.6 Å². The molecule has 0 unspecified atom stereocenters. The van der Waals surface area contributed by atoms with Crippen LogP contribution in [0.5, 0.6) is 5.75 Å². The number of rotatable bonds is 8. The number of nitrogens with zero attached hydrogens (tertiary/aromatic N) is 1. The molecule has 0 spiro atoms. The molecule has 7 nitrogen and oxygen atoms in total. The van der Waals surface area contributed by atoms with Gasteiger partial charge < -0.3 is 25.5 Å². The zero-order valence-corrected chi connectivity index (χ0v) is 18.0. The molecule has 1 saturated carbocycles. The molecule has 1 fully saturated rings. The van der Waals surface area contributed by atoms with Crippen LogP contribution in [-0.2, 0) is 11.3 Å². The maximum absolute atomic E-state index is 12.1. The van der Waals surface area contributed by atoms with Gasteiger partial charge in [0.05, 0.1) is 24.0 Å². The van der Waals surface area contributed by atoms with E-state index in [0.717, 1.165) is 29.7 Å². The average Bonchev–Trinajstić information content (AvgIpc) is 2.79. The van der Waals surface area contributed by atoms with E-state index in [1.54, 1.807) is 7.05 Å². The van der Waals surface area contributed by atoms with Gasteiger partial charge in [0, 0.05) is 7.05 Å². The van der Waals surface area contributed by atoms with Crippen LogP contribution in [-0.4, -0.2) is 30.8 Å². The van der Waals surface area contributed by atoms with Crippen molar-refractivity contribution in [1.82, 2.24) is 10.3 Å². The predicted molar refractivity (Wildman–Crippen MR) is 122 cm³/mol. The number of amides is 1. The smallest absolute Gasteiger partial charge is 0.407 e. The zero-order valence-electron chi connectivity index (χ0n) is 18.0. The highest BCUT2D eigenvalue weighted by Gasteiger charge is 2.15. The second-order valence-electron chi connectivity index (χ2n) is 7.79. The summed E-state index contributed by atoms with van der Waals surface area (Å²) < 4.78 is 11.3. The number of hydrazine groups is 1. The van der Waals surface area contributed by atoms with E-state index in [0.29, 0.717) is 17.5 Å². The Balaban J connectivity index is 1.57. The van der Waals surface area contributed by atoms with Gasteiger partial charge in [0.15, 0.2) is 0 Å². The zero-order chi connectivity index (χ0) is 22.1.